The summed E-state index contributed by atoms with van der Waals surface area (Å²) in [6.45, 7) is 8.35. The molecule has 2 bridgehead atoms. The Morgan fingerprint density at radius 2 is 1.81 bits per heavy atom. The minimum Gasteiger partial charge on any atom is -0.497 e. The summed E-state index contributed by atoms with van der Waals surface area (Å²) in [5.41, 5.74) is -0.885. The molecular weight excluding hydrogens is 672 g/mol. The number of benzene rings is 1. The third kappa shape index (κ3) is 6.20. The number of methoxy groups -OCH3 is 1. The summed E-state index contributed by atoms with van der Waals surface area (Å²) in [6.07, 6.45) is 9.29. The van der Waals surface area contributed by atoms with E-state index >= 15 is 0 Å². The molecular formula is C40H44O12. The molecule has 1 aromatic carbocycles. The minimum absolute atomic E-state index is 0.0796. The van der Waals surface area contributed by atoms with E-state index in [1.54, 1.807) is 43.4 Å². The van der Waals surface area contributed by atoms with Crippen LogP contribution in [-0.4, -0.2) is 81.0 Å². The number of hydrogen-bond acceptors (Lipinski definition) is 12. The summed E-state index contributed by atoms with van der Waals surface area (Å²) < 4.78 is 47.4. The van der Waals surface area contributed by atoms with Crippen molar-refractivity contribution in [2.75, 3.05) is 26.9 Å². The highest BCUT2D eigenvalue weighted by Gasteiger charge is 2.83. The third-order valence-electron chi connectivity index (χ3n) is 11.7. The van der Waals surface area contributed by atoms with Crippen LogP contribution in [0.4, 0.5) is 0 Å². The van der Waals surface area contributed by atoms with Crippen LogP contribution in [0.15, 0.2) is 81.1 Å². The standard InChI is InChI=1S/C40H44O12/c1-23-12-14-39-21-47-35(42)17-24(2)13-15-46-29(25(3)49-36(43)28-18-26-10-11-27(45-5)19-30(26)50-37(28)44)8-6-7-9-34(41)52-31-20-33(51-32(39)16-23)40(22-48-40)38(31,39)4/h6-11,16-19,25,29,31-33H,12-15,20-22H2,1-5H3/b8-6-,9-7?,24-17-/t25-,29+,31-,32-,33-,38-,39-,40-/m1/s1. The van der Waals surface area contributed by atoms with Crippen molar-refractivity contribution in [3.63, 3.8) is 0 Å². The minimum atomic E-state index is -0.881. The van der Waals surface area contributed by atoms with Crippen LogP contribution in [0.5, 0.6) is 5.75 Å². The van der Waals surface area contributed by atoms with E-state index in [1.807, 2.05) is 6.92 Å². The van der Waals surface area contributed by atoms with Gasteiger partial charge in [-0.3, -0.25) is 0 Å². The molecule has 0 amide bonds. The lowest BCUT2D eigenvalue weighted by molar-refractivity contribution is -0.232. The van der Waals surface area contributed by atoms with Gasteiger partial charge in [-0.05, 0) is 58.2 Å². The largest absolute Gasteiger partial charge is 0.497 e. The summed E-state index contributed by atoms with van der Waals surface area (Å²) >= 11 is 0. The van der Waals surface area contributed by atoms with Gasteiger partial charge in [0.1, 0.15) is 47.4 Å². The Kier molecular flexibility index (Phi) is 9.51. The smallest absolute Gasteiger partial charge is 0.351 e. The topological polar surface area (TPSA) is 149 Å². The normalized spacial score (nSPS) is 35.5. The first-order valence-corrected chi connectivity index (χ1v) is 17.7. The molecule has 3 fully saturated rings. The van der Waals surface area contributed by atoms with E-state index in [9.17, 15) is 19.2 Å². The Labute approximate surface area is 301 Å². The number of epoxide rings is 1. The van der Waals surface area contributed by atoms with Crippen molar-refractivity contribution >= 4 is 28.9 Å². The maximum absolute atomic E-state index is 13.3. The number of fused-ring (bicyclic) bond motifs is 1. The average Bonchev–Trinajstić information content (AvgIpc) is 3.89. The van der Waals surface area contributed by atoms with Crippen LogP contribution in [0.25, 0.3) is 11.0 Å². The maximum Gasteiger partial charge on any atom is 0.351 e. The first-order chi connectivity index (χ1) is 24.9. The summed E-state index contributed by atoms with van der Waals surface area (Å²) in [5, 5.41) is 0.522. The number of allylic oxidation sites excluding steroid dienone is 3. The maximum atomic E-state index is 13.3. The second kappa shape index (κ2) is 13.8. The fourth-order valence-corrected chi connectivity index (χ4v) is 8.50. The first-order valence-electron chi connectivity index (χ1n) is 17.7. The third-order valence-corrected chi connectivity index (χ3v) is 11.7. The molecule has 12 heteroatoms. The molecule has 2 saturated heterocycles. The second-order valence-corrected chi connectivity index (χ2v) is 14.6. The highest BCUT2D eigenvalue weighted by Crippen LogP contribution is 2.72. The Morgan fingerprint density at radius 1 is 1.00 bits per heavy atom. The molecule has 5 aliphatic rings. The van der Waals surface area contributed by atoms with E-state index < -0.39 is 58.3 Å². The zero-order chi connectivity index (χ0) is 36.8. The highest BCUT2D eigenvalue weighted by atomic mass is 16.6. The van der Waals surface area contributed by atoms with Crippen LogP contribution in [-0.2, 0) is 38.0 Å². The van der Waals surface area contributed by atoms with E-state index in [0.717, 1.165) is 12.0 Å². The van der Waals surface area contributed by atoms with Gasteiger partial charge in [-0.1, -0.05) is 42.4 Å². The van der Waals surface area contributed by atoms with Crippen LogP contribution < -0.4 is 10.4 Å². The van der Waals surface area contributed by atoms with Gasteiger partial charge in [-0.15, -0.1) is 0 Å². The molecule has 2 aliphatic carbocycles. The van der Waals surface area contributed by atoms with E-state index in [-0.39, 0.29) is 36.6 Å². The molecule has 0 unspecified atom stereocenters. The van der Waals surface area contributed by atoms with Gasteiger partial charge in [-0.25, -0.2) is 19.2 Å². The predicted octanol–water partition coefficient (Wildman–Crippen LogP) is 5.32. The number of esters is 3. The molecule has 1 aromatic heterocycles. The Morgan fingerprint density at radius 3 is 2.58 bits per heavy atom. The summed E-state index contributed by atoms with van der Waals surface area (Å²) in [6, 6.07) is 6.33. The monoisotopic (exact) mass is 716 g/mol. The van der Waals surface area contributed by atoms with Crippen LogP contribution in [0.1, 0.15) is 63.7 Å². The lowest BCUT2D eigenvalue weighted by Gasteiger charge is -2.58. The van der Waals surface area contributed by atoms with Crippen molar-refractivity contribution in [2.45, 2.75) is 89.5 Å². The first kappa shape index (κ1) is 35.9. The molecule has 276 valence electrons. The number of cyclic esters (lactones) is 1. The van der Waals surface area contributed by atoms with Crippen LogP contribution in [0.2, 0.25) is 0 Å². The highest BCUT2D eigenvalue weighted by molar-refractivity contribution is 5.93. The number of ether oxygens (including phenoxy) is 7. The van der Waals surface area contributed by atoms with Crippen LogP contribution in [0, 0.1) is 10.8 Å². The fourth-order valence-electron chi connectivity index (χ4n) is 8.50. The van der Waals surface area contributed by atoms with E-state index in [2.05, 4.69) is 19.9 Å². The molecule has 1 saturated carbocycles. The van der Waals surface area contributed by atoms with Crippen molar-refractivity contribution in [2.24, 2.45) is 10.8 Å². The number of carbonyl (C=O) groups is 3. The molecule has 0 N–H and O–H groups in total. The molecule has 7 rings (SSSR count). The van der Waals surface area contributed by atoms with E-state index in [0.29, 0.717) is 37.0 Å². The van der Waals surface area contributed by atoms with E-state index in [1.165, 1.54) is 30.9 Å². The lowest BCUT2D eigenvalue weighted by Crippen LogP contribution is -2.66. The van der Waals surface area contributed by atoms with Gasteiger partial charge in [0.05, 0.1) is 37.9 Å². The number of carbonyl (C=O) groups excluding carboxylic acids is 3. The zero-order valence-corrected chi connectivity index (χ0v) is 30.0. The van der Waals surface area contributed by atoms with Crippen LogP contribution >= 0.6 is 0 Å². The van der Waals surface area contributed by atoms with E-state index in [4.69, 9.17) is 37.6 Å². The Bertz CT molecular complexity index is 1950. The molecule has 8 atom stereocenters. The fraction of sp³-hybridized carbons (Fsp3) is 0.500. The van der Waals surface area contributed by atoms with Crippen LogP contribution in [0.3, 0.4) is 0 Å². The van der Waals surface area contributed by atoms with Gasteiger partial charge in [0.25, 0.3) is 0 Å². The summed E-state index contributed by atoms with van der Waals surface area (Å²) in [7, 11) is 1.50. The SMILES string of the molecule is COc1ccc2cc(C(=O)O[C@H](C)[C@@H]3/C=C\C=CC(=O)O[C@@H]4C[C@H]5O[C@@H]6C=C(C)CC[C@]6(COC(=O)/C=C(/C)CCO3)[C@]4(C)[C@@]53CO3)c(=O)oc2c1. The van der Waals surface area contributed by atoms with Gasteiger partial charge in [0.15, 0.2) is 0 Å². The van der Waals surface area contributed by atoms with Crippen molar-refractivity contribution in [1.29, 1.82) is 0 Å². The van der Waals surface area contributed by atoms with Gasteiger partial charge >= 0.3 is 23.5 Å². The number of rotatable bonds is 4. The molecule has 2 spiro atoms. The molecule has 3 aliphatic heterocycles. The van der Waals surface area contributed by atoms with Crippen molar-refractivity contribution in [3.05, 3.63) is 87.9 Å². The summed E-state index contributed by atoms with van der Waals surface area (Å²) in [4.78, 5) is 52.5. The Hall–Kier alpha value is -4.52. The molecule has 52 heavy (non-hydrogen) atoms. The van der Waals surface area contributed by atoms with Crippen molar-refractivity contribution in [3.8, 4) is 5.75 Å². The molecule has 4 heterocycles. The number of hydrogen-bond donors (Lipinski definition) is 0. The lowest BCUT2D eigenvalue weighted by atomic mass is 9.51. The second-order valence-electron chi connectivity index (χ2n) is 14.6. The van der Waals surface area contributed by atoms with Gasteiger partial charge in [0, 0.05) is 35.4 Å². The quantitative estimate of drug-likeness (QED) is 0.133. The summed E-state index contributed by atoms with van der Waals surface area (Å²) in [5.74, 6) is -1.41. The Balaban J connectivity index is 1.12. The predicted molar refractivity (Wildman–Crippen MR) is 187 cm³/mol. The van der Waals surface area contributed by atoms with Crippen molar-refractivity contribution in [1.82, 2.24) is 0 Å². The molecule has 2 aromatic rings. The average molecular weight is 717 g/mol. The molecule has 0 radical (unpaired) electrons. The van der Waals surface area contributed by atoms with Gasteiger partial charge in [-0.2, -0.15) is 0 Å². The molecule has 12 nitrogen and oxygen atoms in total. The van der Waals surface area contributed by atoms with Gasteiger partial charge < -0.3 is 37.6 Å². The van der Waals surface area contributed by atoms with Gasteiger partial charge in [0.2, 0.25) is 0 Å². The van der Waals surface area contributed by atoms with Crippen molar-refractivity contribution < 1.29 is 52.0 Å². The zero-order valence-electron chi connectivity index (χ0n) is 30.0.